The second-order valence-electron chi connectivity index (χ2n) is 2.21. The third-order valence-corrected chi connectivity index (χ3v) is 1.31. The summed E-state index contributed by atoms with van der Waals surface area (Å²) < 4.78 is 0. The van der Waals surface area contributed by atoms with Crippen LogP contribution in [0.3, 0.4) is 0 Å². The van der Waals surface area contributed by atoms with Gasteiger partial charge >= 0.3 is 0 Å². The van der Waals surface area contributed by atoms with Crippen molar-refractivity contribution in [2.75, 3.05) is 0 Å². The average molecular weight is 137 g/mol. The highest BCUT2D eigenvalue weighted by Gasteiger charge is 1.93. The number of allylic oxidation sites excluding steroid dienone is 2. The van der Waals surface area contributed by atoms with Crippen molar-refractivity contribution in [3.8, 4) is 0 Å². The Labute approximate surface area is 60.5 Å². The summed E-state index contributed by atoms with van der Waals surface area (Å²) in [5, 5.41) is 10.8. The van der Waals surface area contributed by atoms with Crippen molar-refractivity contribution < 1.29 is 0 Å². The van der Waals surface area contributed by atoms with Gasteiger partial charge in [0.05, 0.1) is 6.21 Å². The van der Waals surface area contributed by atoms with Crippen LogP contribution in [0.2, 0.25) is 0 Å². The average Bonchev–Trinajstić information content (AvgIpc) is 2.41. The molecule has 0 aliphatic carbocycles. The minimum Gasteiger partial charge on any atom is -0.136 e. The fourth-order valence-corrected chi connectivity index (χ4v) is 0.736. The number of rotatable bonds is 3. The third kappa shape index (κ3) is 2.09. The van der Waals surface area contributed by atoms with Crippen LogP contribution in [0.25, 0.3) is 0 Å². The molecule has 0 bridgehead atoms. The minimum absolute atomic E-state index is 0.897. The molecule has 0 saturated heterocycles. The fourth-order valence-electron chi connectivity index (χ4n) is 0.736. The molecule has 1 heterocycles. The molecule has 0 aromatic rings. The molecular weight excluding hydrogens is 126 g/mol. The number of hydrogen-bond acceptors (Lipinski definition) is 3. The zero-order valence-corrected chi connectivity index (χ0v) is 6.12. The molecule has 3 heteroatoms. The molecule has 0 aromatic heterocycles. The maximum atomic E-state index is 3.77. The van der Waals surface area contributed by atoms with Crippen LogP contribution in [-0.2, 0) is 0 Å². The molecule has 1 aliphatic heterocycles. The molecule has 0 unspecified atom stereocenters. The lowest BCUT2D eigenvalue weighted by molar-refractivity contribution is 0.812. The Balaban J connectivity index is 2.26. The minimum atomic E-state index is 0.897. The van der Waals surface area contributed by atoms with Crippen LogP contribution in [0.15, 0.2) is 27.2 Å². The van der Waals surface area contributed by atoms with Crippen molar-refractivity contribution in [1.82, 2.24) is 0 Å². The number of hydrogen-bond donors (Lipinski definition) is 0. The summed E-state index contributed by atoms with van der Waals surface area (Å²) in [6.07, 6.45) is 7.25. The maximum absolute atomic E-state index is 3.77. The Morgan fingerprint density at radius 2 is 2.50 bits per heavy atom. The monoisotopic (exact) mass is 137 g/mol. The summed E-state index contributed by atoms with van der Waals surface area (Å²) in [5.41, 5.74) is 0.897. The zero-order chi connectivity index (χ0) is 7.23. The quantitative estimate of drug-likeness (QED) is 0.536. The van der Waals surface area contributed by atoms with E-state index in [0.29, 0.717) is 0 Å². The summed E-state index contributed by atoms with van der Waals surface area (Å²) >= 11 is 0. The summed E-state index contributed by atoms with van der Waals surface area (Å²) in [6.45, 7) is 2.17. The van der Waals surface area contributed by atoms with Crippen molar-refractivity contribution in [3.63, 3.8) is 0 Å². The molecule has 1 rings (SSSR count). The first-order chi connectivity index (χ1) is 4.93. The number of unbranched alkanes of at least 4 members (excludes halogenated alkanes) is 2. The second-order valence-corrected chi connectivity index (χ2v) is 2.21. The summed E-state index contributed by atoms with van der Waals surface area (Å²) in [5.74, 6) is 0. The standard InChI is InChI=1S/C7H11N3/c1-2-3-4-5-7-6-8-10-9-7/h5-6H,2-4H2,1H3. The lowest BCUT2D eigenvalue weighted by Crippen LogP contribution is -1.74. The highest BCUT2D eigenvalue weighted by atomic mass is 15.4. The van der Waals surface area contributed by atoms with E-state index in [-0.39, 0.29) is 0 Å². The van der Waals surface area contributed by atoms with Crippen molar-refractivity contribution in [2.24, 2.45) is 15.4 Å². The molecule has 0 radical (unpaired) electrons. The van der Waals surface area contributed by atoms with Gasteiger partial charge in [0.15, 0.2) is 0 Å². The van der Waals surface area contributed by atoms with Gasteiger partial charge in [-0.05, 0) is 18.1 Å². The van der Waals surface area contributed by atoms with Crippen molar-refractivity contribution in [3.05, 3.63) is 11.8 Å². The first kappa shape index (κ1) is 7.12. The molecule has 1 aliphatic rings. The molecule has 0 atom stereocenters. The van der Waals surface area contributed by atoms with Crippen LogP contribution < -0.4 is 0 Å². The topological polar surface area (TPSA) is 37.1 Å². The van der Waals surface area contributed by atoms with Gasteiger partial charge in [0, 0.05) is 0 Å². The lowest BCUT2D eigenvalue weighted by Gasteiger charge is -1.87. The lowest BCUT2D eigenvalue weighted by atomic mass is 10.2. The summed E-state index contributed by atoms with van der Waals surface area (Å²) in [4.78, 5) is 0. The SMILES string of the molecule is CCCCC=C1C=NN=N1. The smallest absolute Gasteiger partial charge is 0.104 e. The first-order valence-electron chi connectivity index (χ1n) is 3.57. The van der Waals surface area contributed by atoms with E-state index >= 15 is 0 Å². The Hall–Kier alpha value is -0.990. The molecule has 54 valence electrons. The zero-order valence-electron chi connectivity index (χ0n) is 6.12. The Morgan fingerprint density at radius 1 is 1.60 bits per heavy atom. The van der Waals surface area contributed by atoms with Gasteiger partial charge in [0.2, 0.25) is 0 Å². The van der Waals surface area contributed by atoms with E-state index in [0.717, 1.165) is 12.1 Å². The first-order valence-corrected chi connectivity index (χ1v) is 3.57. The van der Waals surface area contributed by atoms with E-state index in [4.69, 9.17) is 0 Å². The van der Waals surface area contributed by atoms with Crippen molar-refractivity contribution in [1.29, 1.82) is 0 Å². The third-order valence-electron chi connectivity index (χ3n) is 1.31. The van der Waals surface area contributed by atoms with Crippen molar-refractivity contribution >= 4 is 6.21 Å². The summed E-state index contributed by atoms with van der Waals surface area (Å²) in [7, 11) is 0. The molecular formula is C7H11N3. The molecule has 0 saturated carbocycles. The highest BCUT2D eigenvalue weighted by molar-refractivity contribution is 5.78. The predicted molar refractivity (Wildman–Crippen MR) is 41.0 cm³/mol. The molecule has 0 aromatic carbocycles. The van der Waals surface area contributed by atoms with Crippen LogP contribution in [0.4, 0.5) is 0 Å². The van der Waals surface area contributed by atoms with Crippen LogP contribution in [-0.4, -0.2) is 6.21 Å². The van der Waals surface area contributed by atoms with Crippen LogP contribution in [0.1, 0.15) is 26.2 Å². The Bertz CT molecular complexity index is 165. The maximum Gasteiger partial charge on any atom is 0.104 e. The molecule has 0 fully saturated rings. The van der Waals surface area contributed by atoms with E-state index in [1.807, 2.05) is 0 Å². The van der Waals surface area contributed by atoms with Crippen LogP contribution >= 0.6 is 0 Å². The van der Waals surface area contributed by atoms with Gasteiger partial charge in [-0.2, -0.15) is 0 Å². The van der Waals surface area contributed by atoms with E-state index in [1.54, 1.807) is 6.21 Å². The van der Waals surface area contributed by atoms with Crippen LogP contribution in [0, 0.1) is 0 Å². The predicted octanol–water partition coefficient (Wildman–Crippen LogP) is 2.51. The Morgan fingerprint density at radius 3 is 3.10 bits per heavy atom. The van der Waals surface area contributed by atoms with E-state index in [2.05, 4.69) is 28.4 Å². The van der Waals surface area contributed by atoms with Gasteiger partial charge in [-0.1, -0.05) is 19.4 Å². The fraction of sp³-hybridized carbons (Fsp3) is 0.571. The van der Waals surface area contributed by atoms with Crippen LogP contribution in [0.5, 0.6) is 0 Å². The van der Waals surface area contributed by atoms with Gasteiger partial charge < -0.3 is 0 Å². The van der Waals surface area contributed by atoms with E-state index in [9.17, 15) is 0 Å². The second kappa shape index (κ2) is 3.93. The largest absolute Gasteiger partial charge is 0.136 e. The van der Waals surface area contributed by atoms with E-state index in [1.165, 1.54) is 12.8 Å². The molecule has 10 heavy (non-hydrogen) atoms. The van der Waals surface area contributed by atoms with E-state index < -0.39 is 0 Å². The molecule has 0 amide bonds. The normalized spacial score (nSPS) is 19.1. The summed E-state index contributed by atoms with van der Waals surface area (Å²) in [6, 6.07) is 0. The van der Waals surface area contributed by atoms with Gasteiger partial charge in [-0.3, -0.25) is 0 Å². The molecule has 0 spiro atoms. The highest BCUT2D eigenvalue weighted by Crippen LogP contribution is 2.05. The molecule has 3 nitrogen and oxygen atoms in total. The van der Waals surface area contributed by atoms with Crippen molar-refractivity contribution in [2.45, 2.75) is 26.2 Å². The van der Waals surface area contributed by atoms with Gasteiger partial charge in [0.25, 0.3) is 0 Å². The van der Waals surface area contributed by atoms with Gasteiger partial charge in [-0.15, -0.1) is 10.2 Å². The Kier molecular flexibility index (Phi) is 2.80. The number of nitrogens with zero attached hydrogens (tertiary/aromatic N) is 3. The van der Waals surface area contributed by atoms with Gasteiger partial charge in [0.1, 0.15) is 5.70 Å². The molecule has 0 N–H and O–H groups in total. The van der Waals surface area contributed by atoms with Gasteiger partial charge in [-0.25, -0.2) is 0 Å².